The number of aryl methyl sites for hydroxylation is 1. The van der Waals surface area contributed by atoms with Gasteiger partial charge in [-0.3, -0.25) is 0 Å². The summed E-state index contributed by atoms with van der Waals surface area (Å²) in [6.07, 6.45) is 2.99. The normalized spacial score (nSPS) is 11.8. The number of aldehydes is 1. The Kier molecular flexibility index (Phi) is 5.76. The van der Waals surface area contributed by atoms with Crippen molar-refractivity contribution in [1.29, 1.82) is 0 Å². The molecule has 0 aliphatic rings. The van der Waals surface area contributed by atoms with E-state index in [1.165, 1.54) is 11.3 Å². The lowest BCUT2D eigenvalue weighted by Crippen LogP contribution is -2.36. The molecule has 0 fully saturated rings. The highest BCUT2D eigenvalue weighted by Gasteiger charge is 2.10. The highest BCUT2D eigenvalue weighted by Crippen LogP contribution is 2.06. The topological polar surface area (TPSA) is 54.9 Å². The molecule has 0 saturated carbocycles. The summed E-state index contributed by atoms with van der Waals surface area (Å²) < 4.78 is 0. The van der Waals surface area contributed by atoms with Crippen molar-refractivity contribution in [1.82, 2.24) is 15.5 Å². The number of thiocarbonyl (C=S) groups is 1. The number of aromatic nitrogens is 2. The summed E-state index contributed by atoms with van der Waals surface area (Å²) in [6, 6.07) is 9.61. The lowest BCUT2D eigenvalue weighted by Gasteiger charge is -2.14. The fraction of sp³-hybridized carbons (Fsp3) is 0.286. The summed E-state index contributed by atoms with van der Waals surface area (Å²) in [4.78, 5) is 11.8. The van der Waals surface area contributed by atoms with E-state index in [0.717, 1.165) is 23.3 Å². The summed E-state index contributed by atoms with van der Waals surface area (Å²) in [7, 11) is 0. The van der Waals surface area contributed by atoms with Crippen LogP contribution in [0.3, 0.4) is 0 Å². The molecule has 0 aliphatic carbocycles. The number of carbonyl (C=O) groups excluding carboxylic acids is 1. The quantitative estimate of drug-likeness (QED) is 0.628. The molecule has 1 atom stereocenters. The van der Waals surface area contributed by atoms with Crippen LogP contribution >= 0.6 is 23.6 Å². The van der Waals surface area contributed by atoms with Crippen molar-refractivity contribution >= 4 is 34.8 Å². The van der Waals surface area contributed by atoms with Crippen LogP contribution in [0.5, 0.6) is 0 Å². The van der Waals surface area contributed by atoms with Crippen LogP contribution in [0.4, 0.5) is 0 Å². The Labute approximate surface area is 127 Å². The van der Waals surface area contributed by atoms with Crippen molar-refractivity contribution in [3.05, 3.63) is 46.4 Å². The summed E-state index contributed by atoms with van der Waals surface area (Å²) in [6.45, 7) is 0. The third kappa shape index (κ3) is 4.79. The van der Waals surface area contributed by atoms with E-state index in [1.807, 2.05) is 30.3 Å². The molecule has 1 N–H and O–H groups in total. The molecule has 2 rings (SSSR count). The van der Waals surface area contributed by atoms with E-state index < -0.39 is 0 Å². The number of hydrogen-bond acceptors (Lipinski definition) is 5. The Morgan fingerprint density at radius 1 is 1.40 bits per heavy atom. The van der Waals surface area contributed by atoms with E-state index >= 15 is 0 Å². The molecular formula is C14H15N3OS2. The zero-order valence-corrected chi connectivity index (χ0v) is 12.5. The van der Waals surface area contributed by atoms with Crippen molar-refractivity contribution in [2.45, 2.75) is 25.3 Å². The summed E-state index contributed by atoms with van der Waals surface area (Å²) in [5.74, 6) is 0. The zero-order valence-electron chi connectivity index (χ0n) is 10.9. The minimum absolute atomic E-state index is 0.278. The van der Waals surface area contributed by atoms with E-state index in [0.29, 0.717) is 17.8 Å². The molecule has 0 saturated heterocycles. The molecule has 0 amide bonds. The van der Waals surface area contributed by atoms with Gasteiger partial charge >= 0.3 is 0 Å². The van der Waals surface area contributed by atoms with E-state index in [9.17, 15) is 4.79 Å². The maximum atomic E-state index is 11.1. The smallest absolute Gasteiger partial charge is 0.142 e. The Balaban J connectivity index is 1.80. The molecule has 2 aromatic rings. The van der Waals surface area contributed by atoms with Crippen LogP contribution in [0.1, 0.15) is 17.0 Å². The van der Waals surface area contributed by atoms with Gasteiger partial charge in [0.05, 0.1) is 11.0 Å². The highest BCUT2D eigenvalue weighted by atomic mass is 32.1. The number of nitrogens with zero attached hydrogens (tertiary/aromatic N) is 2. The summed E-state index contributed by atoms with van der Waals surface area (Å²) in [5, 5.41) is 11.8. The molecule has 1 aromatic heterocycles. The van der Waals surface area contributed by atoms with Crippen LogP contribution in [0, 0.1) is 0 Å². The third-order valence-corrected chi connectivity index (χ3v) is 3.86. The van der Waals surface area contributed by atoms with Crippen LogP contribution in [-0.4, -0.2) is 27.5 Å². The number of rotatable bonds is 7. The number of nitrogens with one attached hydrogen (secondary N) is 1. The van der Waals surface area contributed by atoms with Crippen molar-refractivity contribution in [2.75, 3.05) is 0 Å². The third-order valence-electron chi connectivity index (χ3n) is 2.78. The Hall–Kier alpha value is -1.66. The van der Waals surface area contributed by atoms with Gasteiger partial charge in [-0.15, -0.1) is 21.5 Å². The maximum Gasteiger partial charge on any atom is 0.142 e. The van der Waals surface area contributed by atoms with Crippen LogP contribution in [0.15, 0.2) is 35.8 Å². The average Bonchev–Trinajstić information content (AvgIpc) is 2.99. The van der Waals surface area contributed by atoms with Gasteiger partial charge in [0, 0.05) is 12.8 Å². The van der Waals surface area contributed by atoms with Gasteiger partial charge in [0.25, 0.3) is 0 Å². The van der Waals surface area contributed by atoms with Gasteiger partial charge < -0.3 is 10.1 Å². The number of benzene rings is 1. The van der Waals surface area contributed by atoms with E-state index in [-0.39, 0.29) is 6.04 Å². The summed E-state index contributed by atoms with van der Waals surface area (Å²) >= 11 is 6.79. The predicted molar refractivity (Wildman–Crippen MR) is 84.0 cm³/mol. The SMILES string of the molecule is O=CC(Cc1ccccc1)NC(=S)CCc1nncs1. The first-order chi connectivity index (χ1) is 9.78. The number of hydrogen-bond donors (Lipinski definition) is 1. The van der Waals surface area contributed by atoms with Crippen LogP contribution in [0.2, 0.25) is 0 Å². The van der Waals surface area contributed by atoms with Gasteiger partial charge in [0.1, 0.15) is 16.8 Å². The van der Waals surface area contributed by atoms with E-state index in [2.05, 4.69) is 15.5 Å². The Morgan fingerprint density at radius 3 is 2.85 bits per heavy atom. The van der Waals surface area contributed by atoms with Crippen molar-refractivity contribution in [3.8, 4) is 0 Å². The molecule has 1 unspecified atom stereocenters. The lowest BCUT2D eigenvalue weighted by molar-refractivity contribution is -0.109. The van der Waals surface area contributed by atoms with Crippen LogP contribution in [0.25, 0.3) is 0 Å². The predicted octanol–water partition coefficient (Wildman–Crippen LogP) is 2.20. The van der Waals surface area contributed by atoms with Crippen molar-refractivity contribution < 1.29 is 4.79 Å². The monoisotopic (exact) mass is 305 g/mol. The standard InChI is InChI=1S/C14H15N3OS2/c18-9-12(8-11-4-2-1-3-5-11)16-13(19)6-7-14-17-15-10-20-14/h1-5,9-10,12H,6-8H2,(H,16,19). The molecule has 1 aromatic carbocycles. The van der Waals surface area contributed by atoms with Gasteiger partial charge in [0.2, 0.25) is 0 Å². The first-order valence-corrected chi connectivity index (χ1v) is 7.60. The molecule has 20 heavy (non-hydrogen) atoms. The second-order valence-electron chi connectivity index (χ2n) is 4.33. The molecular weight excluding hydrogens is 290 g/mol. The number of carbonyl (C=O) groups is 1. The van der Waals surface area contributed by atoms with E-state index in [1.54, 1.807) is 5.51 Å². The molecule has 1 heterocycles. The van der Waals surface area contributed by atoms with Gasteiger partial charge in [-0.25, -0.2) is 0 Å². The molecule has 4 nitrogen and oxygen atoms in total. The molecule has 6 heteroatoms. The van der Waals surface area contributed by atoms with Crippen LogP contribution in [-0.2, 0) is 17.6 Å². The van der Waals surface area contributed by atoms with Crippen molar-refractivity contribution in [2.24, 2.45) is 0 Å². The molecule has 0 radical (unpaired) electrons. The first-order valence-electron chi connectivity index (χ1n) is 6.31. The largest absolute Gasteiger partial charge is 0.370 e. The van der Waals surface area contributed by atoms with E-state index in [4.69, 9.17) is 12.2 Å². The van der Waals surface area contributed by atoms with Gasteiger partial charge in [-0.2, -0.15) is 0 Å². The molecule has 104 valence electrons. The van der Waals surface area contributed by atoms with Gasteiger partial charge in [-0.05, 0) is 12.0 Å². The maximum absolute atomic E-state index is 11.1. The van der Waals surface area contributed by atoms with Gasteiger partial charge in [0.15, 0.2) is 0 Å². The molecule has 0 spiro atoms. The highest BCUT2D eigenvalue weighted by molar-refractivity contribution is 7.80. The minimum Gasteiger partial charge on any atom is -0.370 e. The Bertz CT molecular complexity index is 543. The van der Waals surface area contributed by atoms with Gasteiger partial charge in [-0.1, -0.05) is 42.5 Å². The summed E-state index contributed by atoms with van der Waals surface area (Å²) in [5.41, 5.74) is 2.82. The zero-order chi connectivity index (χ0) is 14.2. The average molecular weight is 305 g/mol. The molecule has 0 aliphatic heterocycles. The van der Waals surface area contributed by atoms with Crippen LogP contribution < -0.4 is 5.32 Å². The first kappa shape index (κ1) is 14.7. The fourth-order valence-corrected chi connectivity index (χ4v) is 2.59. The second-order valence-corrected chi connectivity index (χ2v) is 5.74. The minimum atomic E-state index is -0.278. The fourth-order valence-electron chi connectivity index (χ4n) is 1.81. The Morgan fingerprint density at radius 2 is 2.20 bits per heavy atom. The van der Waals surface area contributed by atoms with Crippen molar-refractivity contribution in [3.63, 3.8) is 0 Å². The lowest BCUT2D eigenvalue weighted by atomic mass is 10.1. The second kappa shape index (κ2) is 7.81. The molecule has 0 bridgehead atoms.